The zero-order valence-corrected chi connectivity index (χ0v) is 18.3. The Kier molecular flexibility index (Phi) is 6.88. The van der Waals surface area contributed by atoms with E-state index in [9.17, 15) is 9.59 Å². The maximum atomic E-state index is 13.5. The van der Waals surface area contributed by atoms with E-state index in [1.807, 2.05) is 28.8 Å². The second-order valence-electron chi connectivity index (χ2n) is 8.10. The number of amides is 2. The van der Waals surface area contributed by atoms with Gasteiger partial charge in [-0.05, 0) is 64.8 Å². The van der Waals surface area contributed by atoms with Crippen molar-refractivity contribution in [2.45, 2.75) is 51.1 Å². The number of carbonyl (C=O) groups is 2. The molecule has 0 bridgehead atoms. The summed E-state index contributed by atoms with van der Waals surface area (Å²) < 4.78 is 7.30. The smallest absolute Gasteiger partial charge is 0.255 e. The minimum absolute atomic E-state index is 0. The molecule has 8 nitrogen and oxygen atoms in total. The number of carbonyl (C=O) groups excluding carboxylic acids is 2. The molecule has 0 saturated carbocycles. The summed E-state index contributed by atoms with van der Waals surface area (Å²) in [6.45, 7) is 6.54. The van der Waals surface area contributed by atoms with E-state index in [-0.39, 0.29) is 30.3 Å². The molecule has 2 aliphatic heterocycles. The predicted octanol–water partition coefficient (Wildman–Crippen LogP) is 2.01. The van der Waals surface area contributed by atoms with Crippen LogP contribution in [0.4, 0.5) is 0 Å². The zero-order valence-electron chi connectivity index (χ0n) is 17.5. The maximum Gasteiger partial charge on any atom is 0.255 e. The van der Waals surface area contributed by atoms with Gasteiger partial charge in [0.25, 0.3) is 11.8 Å². The Morgan fingerprint density at radius 2 is 1.93 bits per heavy atom. The largest absolute Gasteiger partial charge is 0.466 e. The second kappa shape index (κ2) is 9.22. The van der Waals surface area contributed by atoms with E-state index < -0.39 is 5.54 Å². The fraction of sp³-hybridized carbons (Fsp3) is 0.571. The summed E-state index contributed by atoms with van der Waals surface area (Å²) >= 11 is 0. The van der Waals surface area contributed by atoms with E-state index in [4.69, 9.17) is 4.42 Å². The van der Waals surface area contributed by atoms with Crippen LogP contribution in [0.5, 0.6) is 0 Å². The fourth-order valence-corrected chi connectivity index (χ4v) is 4.54. The second-order valence-corrected chi connectivity index (χ2v) is 8.10. The summed E-state index contributed by atoms with van der Waals surface area (Å²) in [5.41, 5.74) is -0.00986. The summed E-state index contributed by atoms with van der Waals surface area (Å²) in [6.07, 6.45) is 6.61. The number of aromatic nitrogens is 2. The van der Waals surface area contributed by atoms with Crippen molar-refractivity contribution in [2.24, 2.45) is 0 Å². The Morgan fingerprint density at radius 3 is 2.50 bits per heavy atom. The first-order chi connectivity index (χ1) is 14.0. The van der Waals surface area contributed by atoms with Gasteiger partial charge in [0.1, 0.15) is 17.1 Å². The summed E-state index contributed by atoms with van der Waals surface area (Å²) in [5.74, 6) is 1.42. The van der Waals surface area contributed by atoms with Crippen LogP contribution in [0.15, 0.2) is 28.9 Å². The average molecular weight is 436 g/mol. The molecule has 2 aliphatic rings. The summed E-state index contributed by atoms with van der Waals surface area (Å²) in [4.78, 5) is 28.0. The third kappa shape index (κ3) is 4.25. The molecule has 2 aromatic heterocycles. The highest BCUT2D eigenvalue weighted by molar-refractivity contribution is 5.95. The lowest BCUT2D eigenvalue weighted by molar-refractivity contribution is -0.144. The van der Waals surface area contributed by atoms with Crippen LogP contribution in [0.25, 0.3) is 0 Å². The number of furan rings is 1. The van der Waals surface area contributed by atoms with Crippen molar-refractivity contribution < 1.29 is 14.0 Å². The number of rotatable bonds is 4. The molecule has 2 aromatic rings. The lowest BCUT2D eigenvalue weighted by Gasteiger charge is -2.42. The highest BCUT2D eigenvalue weighted by Gasteiger charge is 2.45. The van der Waals surface area contributed by atoms with Crippen LogP contribution in [0.1, 0.15) is 47.6 Å². The lowest BCUT2D eigenvalue weighted by Crippen LogP contribution is -2.58. The van der Waals surface area contributed by atoms with Crippen LogP contribution in [0.2, 0.25) is 0 Å². The normalized spacial score (nSPS) is 19.2. The standard InChI is InChI=1S/C21H29N5O3.ClH/c1-15-14-18(16(2)29-15)19(27)24-17-4-12-25(13-5-17)20(28)21(6-9-22-10-7-21)26-11-3-8-23-26;/h3,8,11,14,17,22H,4-7,9-10,12-13H2,1-2H3,(H,24,27);1H. The molecule has 2 fully saturated rings. The highest BCUT2D eigenvalue weighted by atomic mass is 35.5. The number of hydrogen-bond donors (Lipinski definition) is 2. The van der Waals surface area contributed by atoms with Crippen LogP contribution in [-0.4, -0.2) is 58.7 Å². The van der Waals surface area contributed by atoms with Crippen molar-refractivity contribution >= 4 is 24.2 Å². The molecular formula is C21H30ClN5O3. The van der Waals surface area contributed by atoms with Crippen LogP contribution < -0.4 is 10.6 Å². The Morgan fingerprint density at radius 1 is 1.23 bits per heavy atom. The molecule has 0 aromatic carbocycles. The number of nitrogens with one attached hydrogen (secondary N) is 2. The van der Waals surface area contributed by atoms with Crippen molar-refractivity contribution in [3.05, 3.63) is 41.6 Å². The van der Waals surface area contributed by atoms with Gasteiger partial charge < -0.3 is 20.0 Å². The number of likely N-dealkylation sites (tertiary alicyclic amines) is 1. The van der Waals surface area contributed by atoms with Crippen molar-refractivity contribution in [1.29, 1.82) is 0 Å². The highest BCUT2D eigenvalue weighted by Crippen LogP contribution is 2.30. The van der Waals surface area contributed by atoms with E-state index in [0.29, 0.717) is 24.4 Å². The van der Waals surface area contributed by atoms with Gasteiger partial charge in [-0.15, -0.1) is 12.4 Å². The first-order valence-corrected chi connectivity index (χ1v) is 10.4. The van der Waals surface area contributed by atoms with Gasteiger partial charge in [-0.3, -0.25) is 14.3 Å². The van der Waals surface area contributed by atoms with E-state index in [0.717, 1.165) is 44.5 Å². The first kappa shape index (κ1) is 22.4. The molecule has 0 radical (unpaired) electrons. The van der Waals surface area contributed by atoms with Crippen molar-refractivity contribution in [1.82, 2.24) is 25.3 Å². The van der Waals surface area contributed by atoms with E-state index in [2.05, 4.69) is 15.7 Å². The molecular weight excluding hydrogens is 406 g/mol. The van der Waals surface area contributed by atoms with E-state index in [1.165, 1.54) is 0 Å². The molecule has 0 unspecified atom stereocenters. The van der Waals surface area contributed by atoms with Crippen molar-refractivity contribution in [2.75, 3.05) is 26.2 Å². The summed E-state index contributed by atoms with van der Waals surface area (Å²) in [6, 6.07) is 3.71. The van der Waals surface area contributed by atoms with Crippen LogP contribution in [0, 0.1) is 13.8 Å². The molecule has 0 aliphatic carbocycles. The molecule has 4 rings (SSSR count). The fourth-order valence-electron chi connectivity index (χ4n) is 4.54. The predicted molar refractivity (Wildman–Crippen MR) is 115 cm³/mol. The van der Waals surface area contributed by atoms with Crippen LogP contribution in [0.3, 0.4) is 0 Å². The molecule has 0 spiro atoms. The SMILES string of the molecule is Cc1cc(C(=O)NC2CCN(C(=O)C3(n4cccn4)CCNCC3)CC2)c(C)o1.Cl. The van der Waals surface area contributed by atoms with Gasteiger partial charge in [-0.1, -0.05) is 0 Å². The topological polar surface area (TPSA) is 92.4 Å². The number of halogens is 1. The third-order valence-corrected chi connectivity index (χ3v) is 6.17. The molecule has 4 heterocycles. The molecule has 2 saturated heterocycles. The molecule has 164 valence electrons. The van der Waals surface area contributed by atoms with Gasteiger partial charge in [0, 0.05) is 31.5 Å². The van der Waals surface area contributed by atoms with Crippen molar-refractivity contribution in [3.8, 4) is 0 Å². The summed E-state index contributed by atoms with van der Waals surface area (Å²) in [5, 5.41) is 10.8. The monoisotopic (exact) mass is 435 g/mol. The van der Waals surface area contributed by atoms with Crippen molar-refractivity contribution in [3.63, 3.8) is 0 Å². The molecule has 9 heteroatoms. The van der Waals surface area contributed by atoms with E-state index in [1.54, 1.807) is 19.2 Å². The minimum Gasteiger partial charge on any atom is -0.466 e. The minimum atomic E-state index is -0.601. The maximum absolute atomic E-state index is 13.5. The Hall–Kier alpha value is -2.32. The van der Waals surface area contributed by atoms with Gasteiger partial charge in [0.15, 0.2) is 0 Å². The molecule has 30 heavy (non-hydrogen) atoms. The Bertz CT molecular complexity index is 865. The number of nitrogens with zero attached hydrogens (tertiary/aromatic N) is 3. The molecule has 2 amide bonds. The molecule has 2 N–H and O–H groups in total. The Balaban J connectivity index is 0.00000256. The number of piperidine rings is 2. The van der Waals surface area contributed by atoms with Gasteiger partial charge >= 0.3 is 0 Å². The quantitative estimate of drug-likeness (QED) is 0.766. The zero-order chi connectivity index (χ0) is 20.4. The molecule has 0 atom stereocenters. The first-order valence-electron chi connectivity index (χ1n) is 10.4. The van der Waals surface area contributed by atoms with E-state index >= 15 is 0 Å². The number of aryl methyl sites for hydroxylation is 2. The third-order valence-electron chi connectivity index (χ3n) is 6.17. The Labute approximate surface area is 182 Å². The van der Waals surface area contributed by atoms with Gasteiger partial charge in [0.05, 0.1) is 5.56 Å². The summed E-state index contributed by atoms with van der Waals surface area (Å²) in [7, 11) is 0. The average Bonchev–Trinajstić information content (AvgIpc) is 3.38. The number of hydrogen-bond acceptors (Lipinski definition) is 5. The lowest BCUT2D eigenvalue weighted by atomic mass is 9.86. The van der Waals surface area contributed by atoms with Gasteiger partial charge in [-0.2, -0.15) is 5.10 Å². The van der Waals surface area contributed by atoms with Gasteiger partial charge in [0.2, 0.25) is 0 Å². The van der Waals surface area contributed by atoms with Crippen LogP contribution >= 0.6 is 12.4 Å². The van der Waals surface area contributed by atoms with Gasteiger partial charge in [-0.25, -0.2) is 0 Å². The van der Waals surface area contributed by atoms with Crippen LogP contribution in [-0.2, 0) is 10.3 Å².